The van der Waals surface area contributed by atoms with E-state index in [9.17, 15) is 4.79 Å². The van der Waals surface area contributed by atoms with Crippen LogP contribution in [-0.2, 0) is 4.79 Å². The van der Waals surface area contributed by atoms with E-state index in [2.05, 4.69) is 11.8 Å². The monoisotopic (exact) mass is 240 g/mol. The van der Waals surface area contributed by atoms with Gasteiger partial charge in [-0.3, -0.25) is 4.79 Å². The summed E-state index contributed by atoms with van der Waals surface area (Å²) in [6, 6.07) is -1.45. The number of hydrogen-bond acceptors (Lipinski definition) is 3. The third-order valence-corrected chi connectivity index (χ3v) is 1.12. The van der Waals surface area contributed by atoms with Gasteiger partial charge in [0.1, 0.15) is 6.04 Å². The average Bonchev–Trinajstić information content (AvgIpc) is 2.00. The van der Waals surface area contributed by atoms with E-state index in [-0.39, 0.29) is 24.8 Å². The molecule has 82 valence electrons. The van der Waals surface area contributed by atoms with Gasteiger partial charge in [-0.25, -0.2) is 0 Å². The van der Waals surface area contributed by atoms with Crippen LogP contribution in [-0.4, -0.2) is 23.2 Å². The van der Waals surface area contributed by atoms with Crippen molar-refractivity contribution in [2.24, 2.45) is 11.5 Å². The largest absolute Gasteiger partial charge is 0.480 e. The molecule has 2 unspecified atom stereocenters. The van der Waals surface area contributed by atoms with Crippen LogP contribution in [0.3, 0.4) is 0 Å². The number of halogens is 2. The van der Waals surface area contributed by atoms with E-state index in [4.69, 9.17) is 16.6 Å². The maximum absolute atomic E-state index is 10.2. The average molecular weight is 241 g/mol. The van der Waals surface area contributed by atoms with Crippen molar-refractivity contribution < 1.29 is 9.90 Å². The molecule has 0 amide bonds. The summed E-state index contributed by atoms with van der Waals surface area (Å²) in [5, 5.41) is 8.37. The lowest BCUT2D eigenvalue weighted by Crippen LogP contribution is -2.28. The molecule has 2 atom stereocenters. The molecule has 0 saturated carbocycles. The van der Waals surface area contributed by atoms with Gasteiger partial charge in [-0.2, -0.15) is 0 Å². The number of nitrogens with two attached hydrogens (primary N) is 2. The summed E-state index contributed by atoms with van der Waals surface area (Å²) in [4.78, 5) is 10.2. The third-order valence-electron chi connectivity index (χ3n) is 1.12. The number of carboxylic acids is 1. The van der Waals surface area contributed by atoms with Crippen LogP contribution in [0, 0.1) is 11.8 Å². The van der Waals surface area contributed by atoms with Gasteiger partial charge in [-0.05, 0) is 6.92 Å². The molecule has 0 radical (unpaired) electrons. The van der Waals surface area contributed by atoms with E-state index < -0.39 is 18.1 Å². The third kappa shape index (κ3) is 9.36. The first kappa shape index (κ1) is 18.9. The van der Waals surface area contributed by atoms with Gasteiger partial charge in [-0.15, -0.1) is 30.7 Å². The predicted molar refractivity (Wildman–Crippen MR) is 60.7 cm³/mol. The Morgan fingerprint density at radius 1 is 1.36 bits per heavy atom. The van der Waals surface area contributed by atoms with Gasteiger partial charge in [0.05, 0.1) is 6.04 Å². The van der Waals surface area contributed by atoms with E-state index in [1.54, 1.807) is 6.92 Å². The number of aliphatic carboxylic acids is 1. The molecule has 0 aromatic carbocycles. The lowest BCUT2D eigenvalue weighted by molar-refractivity contribution is -0.137. The summed E-state index contributed by atoms with van der Waals surface area (Å²) in [5.74, 6) is 4.16. The van der Waals surface area contributed by atoms with Crippen LogP contribution in [0.25, 0.3) is 0 Å². The second-order valence-corrected chi connectivity index (χ2v) is 2.17. The summed E-state index contributed by atoms with van der Waals surface area (Å²) in [7, 11) is 0. The summed E-state index contributed by atoms with van der Waals surface area (Å²) in [6.45, 7) is 1.66. The van der Waals surface area contributed by atoms with E-state index >= 15 is 0 Å². The van der Waals surface area contributed by atoms with Crippen LogP contribution < -0.4 is 11.5 Å². The molecule has 0 heterocycles. The Kier molecular flexibility index (Phi) is 14.0. The van der Waals surface area contributed by atoms with Crippen molar-refractivity contribution in [2.45, 2.75) is 19.0 Å². The Morgan fingerprint density at radius 2 is 1.86 bits per heavy atom. The highest BCUT2D eigenvalue weighted by atomic mass is 35.5. The number of carboxylic acid groups (broad SMARTS) is 1. The molecule has 6 heteroatoms. The van der Waals surface area contributed by atoms with Crippen molar-refractivity contribution in [1.82, 2.24) is 0 Å². The lowest BCUT2D eigenvalue weighted by atomic mass is 10.2. The number of carbonyl (C=O) groups is 1. The fourth-order valence-corrected chi connectivity index (χ4v) is 0.537. The van der Waals surface area contributed by atoms with Gasteiger partial charge in [0.2, 0.25) is 0 Å². The first-order valence-corrected chi connectivity index (χ1v) is 3.42. The van der Waals surface area contributed by atoms with Gasteiger partial charge in [0.15, 0.2) is 0 Å². The molecular weight excluding hydrogens is 227 g/mol. The van der Waals surface area contributed by atoms with Crippen molar-refractivity contribution >= 4 is 30.8 Å². The van der Waals surface area contributed by atoms with E-state index in [1.165, 1.54) is 12.2 Å². The Hall–Kier alpha value is -0.730. The van der Waals surface area contributed by atoms with E-state index in [0.29, 0.717) is 0 Å². The molecule has 0 aromatic rings. The summed E-state index contributed by atoms with van der Waals surface area (Å²) in [6.07, 6.45) is 2.78. The molecule has 0 aromatic heterocycles. The fourth-order valence-electron chi connectivity index (χ4n) is 0.537. The Balaban J connectivity index is -0.000000605. The summed E-state index contributed by atoms with van der Waals surface area (Å²) >= 11 is 0. The zero-order valence-electron chi connectivity index (χ0n) is 7.64. The zero-order chi connectivity index (χ0) is 9.56. The zero-order valence-corrected chi connectivity index (χ0v) is 9.27. The second-order valence-electron chi connectivity index (χ2n) is 2.17. The standard InChI is InChI=1S/C8H12N2O2.2ClH/c1-2-3-6(9)4-5-7(10)8(11)12;;/h4-7H,9-10H2,1H3,(H,11,12);2*1H. The maximum atomic E-state index is 10.2. The molecule has 0 aliphatic heterocycles. The Labute approximate surface area is 95.5 Å². The van der Waals surface area contributed by atoms with Crippen LogP contribution in [0.2, 0.25) is 0 Å². The molecule has 0 saturated heterocycles. The molecule has 0 rings (SSSR count). The molecule has 14 heavy (non-hydrogen) atoms. The lowest BCUT2D eigenvalue weighted by Gasteiger charge is -1.99. The minimum atomic E-state index is -1.08. The summed E-state index contributed by atoms with van der Waals surface area (Å²) < 4.78 is 0. The van der Waals surface area contributed by atoms with E-state index in [1.807, 2.05) is 0 Å². The highest BCUT2D eigenvalue weighted by Crippen LogP contribution is 1.85. The summed E-state index contributed by atoms with van der Waals surface area (Å²) in [5.41, 5.74) is 10.6. The van der Waals surface area contributed by atoms with Gasteiger partial charge >= 0.3 is 5.97 Å². The highest BCUT2D eigenvalue weighted by molar-refractivity contribution is 5.85. The van der Waals surface area contributed by atoms with Crippen LogP contribution in [0.5, 0.6) is 0 Å². The smallest absolute Gasteiger partial charge is 0.324 e. The first-order valence-electron chi connectivity index (χ1n) is 3.42. The molecule has 0 bridgehead atoms. The van der Waals surface area contributed by atoms with Crippen LogP contribution in [0.15, 0.2) is 12.2 Å². The topological polar surface area (TPSA) is 89.3 Å². The van der Waals surface area contributed by atoms with Crippen molar-refractivity contribution in [3.8, 4) is 11.8 Å². The predicted octanol–water partition coefficient (Wildman–Crippen LogP) is 0.149. The molecule has 0 fully saturated rings. The number of hydrogen-bond donors (Lipinski definition) is 3. The molecular formula is C8H14Cl2N2O2. The van der Waals surface area contributed by atoms with Gasteiger partial charge < -0.3 is 16.6 Å². The quantitative estimate of drug-likeness (QED) is 0.484. The second kappa shape index (κ2) is 10.4. The first-order chi connectivity index (χ1) is 5.57. The van der Waals surface area contributed by atoms with Gasteiger partial charge in [-0.1, -0.05) is 18.1 Å². The van der Waals surface area contributed by atoms with Crippen molar-refractivity contribution in [1.29, 1.82) is 0 Å². The molecule has 5 N–H and O–H groups in total. The molecule has 0 aliphatic carbocycles. The number of rotatable bonds is 3. The minimum Gasteiger partial charge on any atom is -0.480 e. The van der Waals surface area contributed by atoms with Crippen molar-refractivity contribution in [3.63, 3.8) is 0 Å². The normalized spacial score (nSPS) is 12.8. The fraction of sp³-hybridized carbons (Fsp3) is 0.375. The Bertz CT molecular complexity index is 245. The maximum Gasteiger partial charge on any atom is 0.324 e. The van der Waals surface area contributed by atoms with Crippen LogP contribution >= 0.6 is 24.8 Å². The molecule has 0 spiro atoms. The van der Waals surface area contributed by atoms with Crippen LogP contribution in [0.4, 0.5) is 0 Å². The highest BCUT2D eigenvalue weighted by Gasteiger charge is 2.05. The SMILES string of the molecule is CC#CC(N)C=CC(N)C(=O)O.Cl.Cl. The minimum absolute atomic E-state index is 0. The van der Waals surface area contributed by atoms with Crippen molar-refractivity contribution in [2.75, 3.05) is 0 Å². The molecule has 0 aliphatic rings. The molecule has 4 nitrogen and oxygen atoms in total. The van der Waals surface area contributed by atoms with Crippen molar-refractivity contribution in [3.05, 3.63) is 12.2 Å². The Morgan fingerprint density at radius 3 is 2.21 bits per heavy atom. The van der Waals surface area contributed by atoms with Crippen LogP contribution in [0.1, 0.15) is 6.92 Å². The van der Waals surface area contributed by atoms with Gasteiger partial charge in [0.25, 0.3) is 0 Å². The van der Waals surface area contributed by atoms with Gasteiger partial charge in [0, 0.05) is 0 Å². The van der Waals surface area contributed by atoms with E-state index in [0.717, 1.165) is 0 Å².